The molecule has 1 heterocycles. The molecule has 0 bridgehead atoms. The second-order valence-corrected chi connectivity index (χ2v) is 10.9. The van der Waals surface area contributed by atoms with Crippen LogP contribution in [0.1, 0.15) is 36.5 Å². The molecule has 2 aromatic rings. The Morgan fingerprint density at radius 1 is 1.09 bits per heavy atom. The van der Waals surface area contributed by atoms with Gasteiger partial charge in [0, 0.05) is 49.8 Å². The first-order valence-corrected chi connectivity index (χ1v) is 12.8. The van der Waals surface area contributed by atoms with Crippen molar-refractivity contribution in [2.24, 2.45) is 0 Å². The number of sulfone groups is 1. The standard InChI is InChI=1S/C26H30N2O4S/c1-26(25(29)30,33(3,31)32)16-19-28-17-14-23(15-18-28)22-10-6-20(7-11-22)4-5-21-8-12-24(27-2)13-9-21/h6-14,27H,15-19H2,1-3H3,(H,29,30). The first-order valence-electron chi connectivity index (χ1n) is 10.9. The van der Waals surface area contributed by atoms with Crippen LogP contribution in [0.2, 0.25) is 0 Å². The number of carboxylic acid groups (broad SMARTS) is 1. The van der Waals surface area contributed by atoms with Crippen molar-refractivity contribution in [2.45, 2.75) is 24.5 Å². The van der Waals surface area contributed by atoms with Gasteiger partial charge < -0.3 is 10.4 Å². The summed E-state index contributed by atoms with van der Waals surface area (Å²) in [6, 6.07) is 16.1. The van der Waals surface area contributed by atoms with Gasteiger partial charge in [-0.15, -0.1) is 0 Å². The van der Waals surface area contributed by atoms with E-state index >= 15 is 0 Å². The number of carboxylic acids is 1. The van der Waals surface area contributed by atoms with Crippen molar-refractivity contribution in [1.82, 2.24) is 4.90 Å². The van der Waals surface area contributed by atoms with Crippen LogP contribution < -0.4 is 5.32 Å². The molecule has 0 saturated heterocycles. The van der Waals surface area contributed by atoms with Crippen molar-refractivity contribution in [3.63, 3.8) is 0 Å². The Morgan fingerprint density at radius 3 is 2.12 bits per heavy atom. The number of anilines is 1. The summed E-state index contributed by atoms with van der Waals surface area (Å²) < 4.78 is 22.2. The lowest BCUT2D eigenvalue weighted by Gasteiger charge is -2.30. The molecule has 0 saturated carbocycles. The molecular formula is C26H30N2O4S. The van der Waals surface area contributed by atoms with Gasteiger partial charge in [0.1, 0.15) is 0 Å². The van der Waals surface area contributed by atoms with Crippen molar-refractivity contribution in [3.8, 4) is 11.8 Å². The van der Waals surface area contributed by atoms with Crippen LogP contribution in [0, 0.1) is 11.8 Å². The number of rotatable bonds is 7. The van der Waals surface area contributed by atoms with E-state index in [1.165, 1.54) is 12.5 Å². The Morgan fingerprint density at radius 2 is 1.67 bits per heavy atom. The van der Waals surface area contributed by atoms with Crippen LogP contribution >= 0.6 is 0 Å². The maximum atomic E-state index is 12.0. The zero-order valence-electron chi connectivity index (χ0n) is 19.3. The maximum Gasteiger partial charge on any atom is 0.324 e. The minimum absolute atomic E-state index is 0.0649. The van der Waals surface area contributed by atoms with Gasteiger partial charge in [0.05, 0.1) is 0 Å². The van der Waals surface area contributed by atoms with E-state index in [2.05, 4.69) is 40.3 Å². The second kappa shape index (κ2) is 10.2. The highest BCUT2D eigenvalue weighted by Crippen LogP contribution is 2.25. The summed E-state index contributed by atoms with van der Waals surface area (Å²) in [5, 5.41) is 12.5. The van der Waals surface area contributed by atoms with E-state index in [9.17, 15) is 18.3 Å². The number of nitrogens with zero attached hydrogens (tertiary/aromatic N) is 1. The van der Waals surface area contributed by atoms with E-state index in [-0.39, 0.29) is 6.42 Å². The predicted molar refractivity (Wildman–Crippen MR) is 133 cm³/mol. The molecule has 174 valence electrons. The first kappa shape index (κ1) is 24.6. The highest BCUT2D eigenvalue weighted by atomic mass is 32.2. The molecule has 33 heavy (non-hydrogen) atoms. The van der Waals surface area contributed by atoms with Gasteiger partial charge in [0.25, 0.3) is 0 Å². The average Bonchev–Trinajstić information content (AvgIpc) is 2.81. The summed E-state index contributed by atoms with van der Waals surface area (Å²) in [5.74, 6) is 5.08. The lowest BCUT2D eigenvalue weighted by Crippen LogP contribution is -2.46. The second-order valence-electron chi connectivity index (χ2n) is 8.49. The minimum atomic E-state index is -3.70. The highest BCUT2D eigenvalue weighted by Gasteiger charge is 2.43. The van der Waals surface area contributed by atoms with Crippen molar-refractivity contribution < 1.29 is 18.3 Å². The SMILES string of the molecule is CNc1ccc(C#Cc2ccc(C3=CCN(CCC(C)(C(=O)O)S(C)(=O)=O)CC3)cc2)cc1. The van der Waals surface area contributed by atoms with Gasteiger partial charge in [0.15, 0.2) is 14.6 Å². The molecule has 2 N–H and O–H groups in total. The number of hydrogen-bond acceptors (Lipinski definition) is 5. The van der Waals surface area contributed by atoms with Crippen molar-refractivity contribution >= 4 is 27.1 Å². The zero-order chi connectivity index (χ0) is 24.1. The van der Waals surface area contributed by atoms with E-state index in [0.717, 1.165) is 41.6 Å². The Bertz CT molecular complexity index is 1190. The predicted octanol–water partition coefficient (Wildman–Crippen LogP) is 3.50. The molecule has 0 aromatic heterocycles. The molecular weight excluding hydrogens is 436 g/mol. The number of carbonyl (C=O) groups is 1. The third-order valence-corrected chi connectivity index (χ3v) is 8.27. The summed E-state index contributed by atoms with van der Waals surface area (Å²) in [4.78, 5) is 13.6. The molecule has 1 unspecified atom stereocenters. The molecule has 0 aliphatic carbocycles. The fourth-order valence-electron chi connectivity index (χ4n) is 3.63. The van der Waals surface area contributed by atoms with Gasteiger partial charge in [-0.2, -0.15) is 0 Å². The monoisotopic (exact) mass is 466 g/mol. The highest BCUT2D eigenvalue weighted by molar-refractivity contribution is 7.92. The van der Waals surface area contributed by atoms with Crippen LogP contribution in [-0.4, -0.2) is 62.1 Å². The number of aliphatic carboxylic acids is 1. The topological polar surface area (TPSA) is 86.7 Å². The van der Waals surface area contributed by atoms with Gasteiger partial charge in [0.2, 0.25) is 0 Å². The molecule has 0 amide bonds. The van der Waals surface area contributed by atoms with E-state index in [1.54, 1.807) is 0 Å². The van der Waals surface area contributed by atoms with Crippen molar-refractivity contribution in [2.75, 3.05) is 38.3 Å². The van der Waals surface area contributed by atoms with Gasteiger partial charge in [-0.25, -0.2) is 8.42 Å². The molecule has 1 atom stereocenters. The quantitative estimate of drug-likeness (QED) is 0.608. The van der Waals surface area contributed by atoms with Crippen LogP contribution in [0.15, 0.2) is 54.6 Å². The maximum absolute atomic E-state index is 12.0. The summed E-state index contributed by atoms with van der Waals surface area (Å²) in [7, 11) is -1.82. The van der Waals surface area contributed by atoms with E-state index < -0.39 is 20.6 Å². The van der Waals surface area contributed by atoms with Crippen LogP contribution in [0.4, 0.5) is 5.69 Å². The Labute approximate surface area is 196 Å². The van der Waals surface area contributed by atoms with E-state index in [1.807, 2.05) is 43.4 Å². The first-order chi connectivity index (χ1) is 15.6. The van der Waals surface area contributed by atoms with Gasteiger partial charge in [-0.1, -0.05) is 30.0 Å². The van der Waals surface area contributed by atoms with Gasteiger partial charge in [-0.05, 0) is 67.3 Å². The fourth-order valence-corrected chi connectivity index (χ4v) is 4.41. The molecule has 6 nitrogen and oxygen atoms in total. The molecule has 1 aliphatic heterocycles. The summed E-state index contributed by atoms with van der Waals surface area (Å²) >= 11 is 0. The van der Waals surface area contributed by atoms with Gasteiger partial charge in [-0.3, -0.25) is 9.69 Å². The zero-order valence-corrected chi connectivity index (χ0v) is 20.1. The molecule has 0 fully saturated rings. The summed E-state index contributed by atoms with van der Waals surface area (Å²) in [6.07, 6.45) is 4.01. The Balaban J connectivity index is 1.60. The lowest BCUT2D eigenvalue weighted by molar-refractivity contribution is -0.139. The van der Waals surface area contributed by atoms with E-state index in [4.69, 9.17) is 0 Å². The van der Waals surface area contributed by atoms with Crippen LogP contribution in [0.3, 0.4) is 0 Å². The normalized spacial score (nSPS) is 16.2. The largest absolute Gasteiger partial charge is 0.480 e. The number of benzene rings is 2. The Hall–Kier alpha value is -3.08. The summed E-state index contributed by atoms with van der Waals surface area (Å²) in [5.41, 5.74) is 5.34. The number of nitrogens with one attached hydrogen (secondary N) is 1. The minimum Gasteiger partial charge on any atom is -0.480 e. The van der Waals surface area contributed by atoms with Crippen LogP contribution in [-0.2, 0) is 14.6 Å². The van der Waals surface area contributed by atoms with Gasteiger partial charge >= 0.3 is 5.97 Å². The molecule has 7 heteroatoms. The third-order valence-electron chi connectivity index (χ3n) is 6.25. The molecule has 0 radical (unpaired) electrons. The fraction of sp³-hybridized carbons (Fsp3) is 0.346. The molecule has 1 aliphatic rings. The van der Waals surface area contributed by atoms with E-state index in [0.29, 0.717) is 13.1 Å². The third kappa shape index (κ3) is 6.04. The summed E-state index contributed by atoms with van der Waals surface area (Å²) in [6.45, 7) is 3.13. The Kier molecular flexibility index (Phi) is 7.62. The molecule has 2 aromatic carbocycles. The van der Waals surface area contributed by atoms with Crippen molar-refractivity contribution in [1.29, 1.82) is 0 Å². The van der Waals surface area contributed by atoms with Crippen LogP contribution in [0.5, 0.6) is 0 Å². The molecule has 0 spiro atoms. The van der Waals surface area contributed by atoms with Crippen LogP contribution in [0.25, 0.3) is 5.57 Å². The smallest absolute Gasteiger partial charge is 0.324 e. The average molecular weight is 467 g/mol. The lowest BCUT2D eigenvalue weighted by atomic mass is 9.98. The van der Waals surface area contributed by atoms with Crippen molar-refractivity contribution in [3.05, 3.63) is 71.3 Å². The molecule has 3 rings (SSSR count). The number of hydrogen-bond donors (Lipinski definition) is 2.